The van der Waals surface area contributed by atoms with Crippen molar-refractivity contribution in [1.82, 2.24) is 4.98 Å². The van der Waals surface area contributed by atoms with E-state index < -0.39 is 0 Å². The Labute approximate surface area is 81.1 Å². The van der Waals surface area contributed by atoms with Crippen LogP contribution in [0.3, 0.4) is 0 Å². The monoisotopic (exact) mass is 197 g/mol. The number of esters is 1. The van der Waals surface area contributed by atoms with Crippen LogP contribution >= 0.6 is 11.3 Å². The number of hydrogen-bond donors (Lipinski definition) is 0. The Kier molecular flexibility index (Phi) is 3.64. The molecule has 1 rings (SSSR count). The SMILES string of the molecule is CCOC(=O)/C=C/c1cnc(C)s1. The van der Waals surface area contributed by atoms with Crippen molar-refractivity contribution < 1.29 is 9.53 Å². The normalized spacial score (nSPS) is 10.6. The molecule has 0 aliphatic heterocycles. The first kappa shape index (κ1) is 9.92. The lowest BCUT2D eigenvalue weighted by atomic mass is 10.4. The van der Waals surface area contributed by atoms with Gasteiger partial charge in [-0.05, 0) is 19.9 Å². The van der Waals surface area contributed by atoms with E-state index in [4.69, 9.17) is 4.74 Å². The topological polar surface area (TPSA) is 39.2 Å². The first-order valence-electron chi connectivity index (χ1n) is 3.99. The summed E-state index contributed by atoms with van der Waals surface area (Å²) in [6, 6.07) is 0. The van der Waals surface area contributed by atoms with Crippen LogP contribution < -0.4 is 0 Å². The molecule has 0 amide bonds. The third-order valence-corrected chi connectivity index (χ3v) is 2.19. The predicted molar refractivity (Wildman–Crippen MR) is 52.5 cm³/mol. The third-order valence-electron chi connectivity index (χ3n) is 1.31. The maximum Gasteiger partial charge on any atom is 0.330 e. The molecule has 0 aliphatic carbocycles. The van der Waals surface area contributed by atoms with Crippen molar-refractivity contribution >= 4 is 23.4 Å². The highest BCUT2D eigenvalue weighted by molar-refractivity contribution is 7.12. The minimum atomic E-state index is -0.312. The molecule has 1 aromatic heterocycles. The van der Waals surface area contributed by atoms with E-state index in [0.717, 1.165) is 9.88 Å². The summed E-state index contributed by atoms with van der Waals surface area (Å²) < 4.78 is 4.73. The van der Waals surface area contributed by atoms with Crippen molar-refractivity contribution in [1.29, 1.82) is 0 Å². The van der Waals surface area contributed by atoms with Crippen LogP contribution in [0.15, 0.2) is 12.3 Å². The molecule has 70 valence electrons. The highest BCUT2D eigenvalue weighted by atomic mass is 32.1. The van der Waals surface area contributed by atoms with Gasteiger partial charge in [0.05, 0.1) is 11.6 Å². The smallest absolute Gasteiger partial charge is 0.330 e. The number of aromatic nitrogens is 1. The molecule has 0 N–H and O–H groups in total. The van der Waals surface area contributed by atoms with Gasteiger partial charge in [-0.1, -0.05) is 0 Å². The molecule has 0 aromatic carbocycles. The Balaban J connectivity index is 2.53. The lowest BCUT2D eigenvalue weighted by Crippen LogP contribution is -1.98. The summed E-state index contributed by atoms with van der Waals surface area (Å²) in [7, 11) is 0. The minimum absolute atomic E-state index is 0.312. The van der Waals surface area contributed by atoms with E-state index in [1.54, 1.807) is 30.5 Å². The van der Waals surface area contributed by atoms with Crippen molar-refractivity contribution in [3.8, 4) is 0 Å². The molecule has 0 aliphatic rings. The van der Waals surface area contributed by atoms with Crippen molar-refractivity contribution in [2.24, 2.45) is 0 Å². The highest BCUT2D eigenvalue weighted by Gasteiger charge is 1.96. The second kappa shape index (κ2) is 4.77. The van der Waals surface area contributed by atoms with E-state index in [1.165, 1.54) is 6.08 Å². The number of carbonyl (C=O) groups excluding carboxylic acids is 1. The zero-order valence-corrected chi connectivity index (χ0v) is 8.43. The molecular weight excluding hydrogens is 186 g/mol. The van der Waals surface area contributed by atoms with Gasteiger partial charge in [-0.15, -0.1) is 11.3 Å². The van der Waals surface area contributed by atoms with Crippen LogP contribution in [0, 0.1) is 6.92 Å². The molecule has 0 unspecified atom stereocenters. The molecule has 0 saturated carbocycles. The van der Waals surface area contributed by atoms with E-state index in [2.05, 4.69) is 4.98 Å². The fourth-order valence-electron chi connectivity index (χ4n) is 0.795. The molecule has 0 atom stereocenters. The summed E-state index contributed by atoms with van der Waals surface area (Å²) in [4.78, 5) is 15.9. The average Bonchev–Trinajstić information content (AvgIpc) is 2.49. The number of hydrogen-bond acceptors (Lipinski definition) is 4. The molecule has 4 heteroatoms. The zero-order valence-electron chi connectivity index (χ0n) is 7.61. The number of rotatable bonds is 3. The van der Waals surface area contributed by atoms with Crippen molar-refractivity contribution in [3.05, 3.63) is 22.2 Å². The summed E-state index contributed by atoms with van der Waals surface area (Å²) in [6.45, 7) is 4.11. The van der Waals surface area contributed by atoms with Crippen LogP contribution in [0.25, 0.3) is 6.08 Å². The van der Waals surface area contributed by atoms with E-state index in [1.807, 2.05) is 6.92 Å². The van der Waals surface area contributed by atoms with E-state index in [9.17, 15) is 4.79 Å². The van der Waals surface area contributed by atoms with Gasteiger partial charge in [-0.3, -0.25) is 0 Å². The summed E-state index contributed by atoms with van der Waals surface area (Å²) in [5, 5.41) is 0.989. The minimum Gasteiger partial charge on any atom is -0.463 e. The van der Waals surface area contributed by atoms with Crippen LogP contribution in [0.5, 0.6) is 0 Å². The molecule has 0 bridgehead atoms. The fraction of sp³-hybridized carbons (Fsp3) is 0.333. The van der Waals surface area contributed by atoms with Gasteiger partial charge >= 0.3 is 5.97 Å². The predicted octanol–water partition coefficient (Wildman–Crippen LogP) is 2.03. The second-order valence-electron chi connectivity index (χ2n) is 2.37. The summed E-state index contributed by atoms with van der Waals surface area (Å²) in [6.07, 6.45) is 4.86. The Morgan fingerprint density at radius 3 is 3.08 bits per heavy atom. The van der Waals surface area contributed by atoms with Gasteiger partial charge < -0.3 is 4.74 Å². The Morgan fingerprint density at radius 2 is 2.54 bits per heavy atom. The van der Waals surface area contributed by atoms with Crippen LogP contribution in [-0.2, 0) is 9.53 Å². The van der Waals surface area contributed by atoms with Crippen LogP contribution in [0.1, 0.15) is 16.8 Å². The maximum atomic E-state index is 10.9. The molecule has 0 spiro atoms. The van der Waals surface area contributed by atoms with Gasteiger partial charge in [0.15, 0.2) is 0 Å². The molecule has 1 heterocycles. The highest BCUT2D eigenvalue weighted by Crippen LogP contribution is 2.12. The van der Waals surface area contributed by atoms with Crippen LogP contribution in [-0.4, -0.2) is 17.6 Å². The second-order valence-corrected chi connectivity index (χ2v) is 3.63. The number of carbonyl (C=O) groups is 1. The summed E-state index contributed by atoms with van der Waals surface area (Å²) in [5.74, 6) is -0.312. The first-order valence-corrected chi connectivity index (χ1v) is 4.81. The summed E-state index contributed by atoms with van der Waals surface area (Å²) in [5.41, 5.74) is 0. The third kappa shape index (κ3) is 3.38. The van der Waals surface area contributed by atoms with Gasteiger partial charge in [0.1, 0.15) is 0 Å². The van der Waals surface area contributed by atoms with Crippen molar-refractivity contribution in [3.63, 3.8) is 0 Å². The van der Waals surface area contributed by atoms with Crippen molar-refractivity contribution in [2.75, 3.05) is 6.61 Å². The molecule has 3 nitrogen and oxygen atoms in total. The first-order chi connectivity index (χ1) is 6.22. The average molecular weight is 197 g/mol. The van der Waals surface area contributed by atoms with Gasteiger partial charge in [-0.2, -0.15) is 0 Å². The van der Waals surface area contributed by atoms with E-state index in [-0.39, 0.29) is 5.97 Å². The molecule has 0 fully saturated rings. The molecule has 0 saturated heterocycles. The standard InChI is InChI=1S/C9H11NO2S/c1-3-12-9(11)5-4-8-6-10-7(2)13-8/h4-6H,3H2,1-2H3/b5-4+. The largest absolute Gasteiger partial charge is 0.463 e. The molecule has 1 aromatic rings. The van der Waals surface area contributed by atoms with Crippen LogP contribution in [0.4, 0.5) is 0 Å². The molecular formula is C9H11NO2S. The quantitative estimate of drug-likeness (QED) is 0.549. The van der Waals surface area contributed by atoms with Gasteiger partial charge in [-0.25, -0.2) is 9.78 Å². The zero-order chi connectivity index (χ0) is 9.68. The van der Waals surface area contributed by atoms with E-state index >= 15 is 0 Å². The van der Waals surface area contributed by atoms with Gasteiger partial charge in [0.2, 0.25) is 0 Å². The van der Waals surface area contributed by atoms with Gasteiger partial charge in [0.25, 0.3) is 0 Å². The number of thiazole rings is 1. The Bertz CT molecular complexity index is 317. The Hall–Kier alpha value is -1.16. The number of aryl methyl sites for hydroxylation is 1. The summed E-state index contributed by atoms with van der Waals surface area (Å²) >= 11 is 1.54. The van der Waals surface area contributed by atoms with Crippen LogP contribution in [0.2, 0.25) is 0 Å². The van der Waals surface area contributed by atoms with Gasteiger partial charge in [0, 0.05) is 17.2 Å². The lowest BCUT2D eigenvalue weighted by molar-refractivity contribution is -0.137. The molecule has 0 radical (unpaired) electrons. The lowest BCUT2D eigenvalue weighted by Gasteiger charge is -1.92. The molecule has 13 heavy (non-hydrogen) atoms. The number of ether oxygens (including phenoxy) is 1. The fourth-order valence-corrected chi connectivity index (χ4v) is 1.48. The number of nitrogens with zero attached hydrogens (tertiary/aromatic N) is 1. The Morgan fingerprint density at radius 1 is 1.77 bits per heavy atom. The van der Waals surface area contributed by atoms with Crippen molar-refractivity contribution in [2.45, 2.75) is 13.8 Å². The maximum absolute atomic E-state index is 10.9. The van der Waals surface area contributed by atoms with E-state index in [0.29, 0.717) is 6.61 Å².